The van der Waals surface area contributed by atoms with Crippen molar-refractivity contribution in [1.29, 1.82) is 0 Å². The van der Waals surface area contributed by atoms with E-state index in [2.05, 4.69) is 24.3 Å². The first-order valence-corrected chi connectivity index (χ1v) is 3.52. The molecule has 0 aromatic heterocycles. The van der Waals surface area contributed by atoms with Crippen molar-refractivity contribution in [3.05, 3.63) is 35.5 Å². The van der Waals surface area contributed by atoms with Crippen LogP contribution >= 0.6 is 0 Å². The smallest absolute Gasteiger partial charge is 0.00948 e. The van der Waals surface area contributed by atoms with Gasteiger partial charge in [-0.2, -0.15) is 0 Å². The lowest BCUT2D eigenvalue weighted by Gasteiger charge is -2.04. The molecule has 0 radical (unpaired) electrons. The van der Waals surface area contributed by atoms with E-state index in [9.17, 15) is 0 Å². The van der Waals surface area contributed by atoms with Crippen LogP contribution in [-0.2, 0) is 0 Å². The van der Waals surface area contributed by atoms with Crippen LogP contribution in [0, 0.1) is 0 Å². The minimum atomic E-state index is 1.17. The van der Waals surface area contributed by atoms with E-state index in [1.807, 2.05) is 0 Å². The number of rotatable bonds is 0. The van der Waals surface area contributed by atoms with Gasteiger partial charge < -0.3 is 0 Å². The molecule has 0 aromatic carbocycles. The molecule has 0 saturated carbocycles. The van der Waals surface area contributed by atoms with Crippen molar-refractivity contribution in [2.45, 2.75) is 19.3 Å². The van der Waals surface area contributed by atoms with Crippen LogP contribution in [0.4, 0.5) is 0 Å². The molecule has 0 N–H and O–H groups in total. The number of hydrogen-bond acceptors (Lipinski definition) is 0. The van der Waals surface area contributed by atoms with Crippen molar-refractivity contribution >= 4 is 0 Å². The quantitative estimate of drug-likeness (QED) is 0.458. The highest BCUT2D eigenvalue weighted by atomic mass is 14.2. The number of hydrogen-bond donors (Lipinski definition) is 0. The Kier molecular flexibility index (Phi) is 1.05. The van der Waals surface area contributed by atoms with E-state index in [1.165, 1.54) is 19.3 Å². The lowest BCUT2D eigenvalue weighted by Crippen LogP contribution is -1.84. The molecule has 0 bridgehead atoms. The molecule has 0 fully saturated rings. The molecule has 9 heavy (non-hydrogen) atoms. The zero-order valence-corrected chi connectivity index (χ0v) is 5.43. The minimum absolute atomic E-state index is 1.17. The third kappa shape index (κ3) is 0.748. The molecule has 0 atom stereocenters. The summed E-state index contributed by atoms with van der Waals surface area (Å²) in [6, 6.07) is 0. The van der Waals surface area contributed by atoms with E-state index in [0.717, 1.165) is 0 Å². The van der Waals surface area contributed by atoms with Gasteiger partial charge in [0.05, 0.1) is 0 Å². The molecular weight excluding hydrogens is 108 g/mol. The highest BCUT2D eigenvalue weighted by Crippen LogP contribution is 2.29. The molecule has 2 aliphatic rings. The number of fused-ring (bicyclic) bond motifs is 1. The molecule has 0 heterocycles. The molecule has 0 saturated heterocycles. The Morgan fingerprint density at radius 2 is 2.22 bits per heavy atom. The van der Waals surface area contributed by atoms with Gasteiger partial charge in [-0.1, -0.05) is 24.3 Å². The minimum Gasteiger partial charge on any atom is -0.0804 e. The standard InChI is InChI=1S/C9H10/c1-2-5-9-7-3-6-8(9)4-1/h1-2,4,7H,3,5-6H2. The number of allylic oxidation sites excluding steroid dienone is 6. The van der Waals surface area contributed by atoms with Crippen molar-refractivity contribution in [1.82, 2.24) is 0 Å². The lowest BCUT2D eigenvalue weighted by molar-refractivity contribution is 1.05. The fourth-order valence-corrected chi connectivity index (χ4v) is 1.48. The summed E-state index contributed by atoms with van der Waals surface area (Å²) in [6.07, 6.45) is 12.7. The fraction of sp³-hybridized carbons (Fsp3) is 0.333. The molecule has 46 valence electrons. The summed E-state index contributed by atoms with van der Waals surface area (Å²) in [5.41, 5.74) is 3.13. The molecule has 0 aromatic rings. The molecular formula is C9H10. The summed E-state index contributed by atoms with van der Waals surface area (Å²) in [7, 11) is 0. The van der Waals surface area contributed by atoms with Crippen LogP contribution in [-0.4, -0.2) is 0 Å². The zero-order chi connectivity index (χ0) is 6.10. The van der Waals surface area contributed by atoms with Crippen LogP contribution < -0.4 is 0 Å². The van der Waals surface area contributed by atoms with Gasteiger partial charge in [0.25, 0.3) is 0 Å². The Bertz CT molecular complexity index is 204. The van der Waals surface area contributed by atoms with Gasteiger partial charge in [-0.05, 0) is 30.4 Å². The Labute approximate surface area is 55.6 Å². The van der Waals surface area contributed by atoms with Gasteiger partial charge in [0.1, 0.15) is 0 Å². The Morgan fingerprint density at radius 1 is 1.22 bits per heavy atom. The second-order valence-electron chi connectivity index (χ2n) is 2.59. The predicted molar refractivity (Wildman–Crippen MR) is 39.2 cm³/mol. The van der Waals surface area contributed by atoms with Crippen LogP contribution in [0.2, 0.25) is 0 Å². The third-order valence-corrected chi connectivity index (χ3v) is 1.99. The van der Waals surface area contributed by atoms with E-state index in [4.69, 9.17) is 0 Å². The van der Waals surface area contributed by atoms with Crippen molar-refractivity contribution < 1.29 is 0 Å². The van der Waals surface area contributed by atoms with E-state index in [0.29, 0.717) is 0 Å². The summed E-state index contributed by atoms with van der Waals surface area (Å²) in [6.45, 7) is 0. The van der Waals surface area contributed by atoms with Gasteiger partial charge in [-0.25, -0.2) is 0 Å². The van der Waals surface area contributed by atoms with Gasteiger partial charge in [-0.15, -0.1) is 0 Å². The zero-order valence-electron chi connectivity index (χ0n) is 5.43. The van der Waals surface area contributed by atoms with Crippen molar-refractivity contribution in [2.75, 3.05) is 0 Å². The molecule has 0 nitrogen and oxygen atoms in total. The van der Waals surface area contributed by atoms with E-state index in [1.54, 1.807) is 11.1 Å². The Hall–Kier alpha value is -0.780. The molecule has 2 rings (SSSR count). The summed E-state index contributed by atoms with van der Waals surface area (Å²) in [5, 5.41) is 0. The largest absolute Gasteiger partial charge is 0.0804 e. The van der Waals surface area contributed by atoms with Crippen LogP contribution in [0.25, 0.3) is 0 Å². The average molecular weight is 118 g/mol. The molecule has 0 unspecified atom stereocenters. The van der Waals surface area contributed by atoms with Gasteiger partial charge in [-0.3, -0.25) is 0 Å². The Morgan fingerprint density at radius 3 is 3.11 bits per heavy atom. The normalized spacial score (nSPS) is 23.1. The molecule has 0 heteroatoms. The van der Waals surface area contributed by atoms with Gasteiger partial charge in [0.2, 0.25) is 0 Å². The van der Waals surface area contributed by atoms with Gasteiger partial charge in [0.15, 0.2) is 0 Å². The monoisotopic (exact) mass is 118 g/mol. The Balaban J connectivity index is 2.37. The van der Waals surface area contributed by atoms with Crippen LogP contribution in [0.1, 0.15) is 19.3 Å². The second-order valence-corrected chi connectivity index (χ2v) is 2.59. The average Bonchev–Trinajstić information content (AvgIpc) is 2.33. The summed E-state index contributed by atoms with van der Waals surface area (Å²) in [4.78, 5) is 0. The summed E-state index contributed by atoms with van der Waals surface area (Å²) >= 11 is 0. The van der Waals surface area contributed by atoms with Crippen molar-refractivity contribution in [3.8, 4) is 0 Å². The first-order valence-electron chi connectivity index (χ1n) is 3.52. The van der Waals surface area contributed by atoms with E-state index >= 15 is 0 Å². The van der Waals surface area contributed by atoms with Crippen LogP contribution in [0.15, 0.2) is 35.5 Å². The topological polar surface area (TPSA) is 0 Å². The van der Waals surface area contributed by atoms with Crippen molar-refractivity contribution in [3.63, 3.8) is 0 Å². The second kappa shape index (κ2) is 1.87. The predicted octanol–water partition coefficient (Wildman–Crippen LogP) is 2.59. The molecule has 0 spiro atoms. The van der Waals surface area contributed by atoms with Gasteiger partial charge >= 0.3 is 0 Å². The van der Waals surface area contributed by atoms with E-state index in [-0.39, 0.29) is 0 Å². The lowest BCUT2D eigenvalue weighted by atomic mass is 10.0. The summed E-state index contributed by atoms with van der Waals surface area (Å²) in [5.74, 6) is 0. The SMILES string of the molecule is C1=CCC2=CCCC2=C1. The maximum Gasteiger partial charge on any atom is -0.00948 e. The van der Waals surface area contributed by atoms with Crippen molar-refractivity contribution in [2.24, 2.45) is 0 Å². The van der Waals surface area contributed by atoms with E-state index < -0.39 is 0 Å². The molecule has 0 aliphatic heterocycles. The fourth-order valence-electron chi connectivity index (χ4n) is 1.48. The van der Waals surface area contributed by atoms with Crippen LogP contribution in [0.5, 0.6) is 0 Å². The highest BCUT2D eigenvalue weighted by Gasteiger charge is 2.10. The molecule has 2 aliphatic carbocycles. The van der Waals surface area contributed by atoms with Crippen LogP contribution in [0.3, 0.4) is 0 Å². The molecule has 0 amide bonds. The highest BCUT2D eigenvalue weighted by molar-refractivity contribution is 5.42. The maximum atomic E-state index is 2.36. The first kappa shape index (κ1) is 5.04. The third-order valence-electron chi connectivity index (χ3n) is 1.99. The summed E-state index contributed by atoms with van der Waals surface area (Å²) < 4.78 is 0. The van der Waals surface area contributed by atoms with Gasteiger partial charge in [0, 0.05) is 0 Å². The first-order chi connectivity index (χ1) is 4.47. The maximum absolute atomic E-state index is 2.36.